The molecule has 8 nitrogen and oxygen atoms in total. The molecule has 2 N–H and O–H groups in total. The van der Waals surface area contributed by atoms with Gasteiger partial charge in [-0.15, -0.1) is 0 Å². The second kappa shape index (κ2) is 15.0. The van der Waals surface area contributed by atoms with Crippen LogP contribution in [0.3, 0.4) is 0 Å². The molecule has 4 rings (SSSR count). The van der Waals surface area contributed by atoms with E-state index in [1.807, 2.05) is 42.5 Å². The zero-order chi connectivity index (χ0) is 29.7. The fraction of sp³-hybridized carbons (Fsp3) is 0.182. The number of amides is 2. The number of ether oxygens (including phenoxy) is 3. The minimum absolute atomic E-state index is 0.0138. The first-order chi connectivity index (χ1) is 20.4. The summed E-state index contributed by atoms with van der Waals surface area (Å²) in [6, 6.07) is 29.7. The van der Waals surface area contributed by atoms with Crippen LogP contribution >= 0.6 is 0 Å². The lowest BCUT2D eigenvalue weighted by molar-refractivity contribution is -0.147. The molecule has 0 heterocycles. The van der Waals surface area contributed by atoms with Gasteiger partial charge in [0.05, 0.1) is 0 Å². The minimum atomic E-state index is -1.27. The number of halogens is 1. The van der Waals surface area contributed by atoms with E-state index in [0.717, 1.165) is 17.2 Å². The molecule has 0 saturated heterocycles. The lowest BCUT2D eigenvalue weighted by Crippen LogP contribution is -2.49. The molecule has 2 amide bonds. The molecule has 1 unspecified atom stereocenters. The Labute approximate surface area is 243 Å². The number of rotatable bonds is 12. The minimum Gasteiger partial charge on any atom is -0.486 e. The molecular weight excluding hydrogens is 539 g/mol. The van der Waals surface area contributed by atoms with Crippen molar-refractivity contribution in [3.8, 4) is 5.75 Å². The van der Waals surface area contributed by atoms with Gasteiger partial charge in [-0.1, -0.05) is 78.9 Å². The summed E-state index contributed by atoms with van der Waals surface area (Å²) in [6.07, 6.45) is -1.41. The van der Waals surface area contributed by atoms with Crippen LogP contribution in [0.25, 0.3) is 0 Å². The van der Waals surface area contributed by atoms with Crippen LogP contribution in [0, 0.1) is 5.82 Å². The van der Waals surface area contributed by atoms with Crippen molar-refractivity contribution in [1.29, 1.82) is 0 Å². The molecule has 0 spiro atoms. The molecule has 216 valence electrons. The average molecular weight is 571 g/mol. The van der Waals surface area contributed by atoms with Gasteiger partial charge < -0.3 is 24.8 Å². The van der Waals surface area contributed by atoms with Crippen LogP contribution in [0.2, 0.25) is 0 Å². The van der Waals surface area contributed by atoms with E-state index in [1.54, 1.807) is 55.5 Å². The van der Waals surface area contributed by atoms with Crippen LogP contribution < -0.4 is 15.4 Å². The zero-order valence-corrected chi connectivity index (χ0v) is 23.0. The van der Waals surface area contributed by atoms with E-state index in [9.17, 15) is 18.8 Å². The third-order valence-electron chi connectivity index (χ3n) is 6.19. The van der Waals surface area contributed by atoms with Crippen molar-refractivity contribution in [3.05, 3.63) is 137 Å². The van der Waals surface area contributed by atoms with E-state index in [1.165, 1.54) is 12.1 Å². The summed E-state index contributed by atoms with van der Waals surface area (Å²) < 4.78 is 31.0. The molecule has 9 heteroatoms. The Kier molecular flexibility index (Phi) is 10.6. The van der Waals surface area contributed by atoms with Crippen molar-refractivity contribution in [3.63, 3.8) is 0 Å². The number of para-hydroxylation sites is 1. The summed E-state index contributed by atoms with van der Waals surface area (Å²) in [5, 5.41) is 5.04. The number of nitrogens with one attached hydrogen (secondary N) is 2. The van der Waals surface area contributed by atoms with Crippen LogP contribution in [0.15, 0.2) is 109 Å². The molecular formula is C33H31FN2O6. The van der Waals surface area contributed by atoms with Crippen LogP contribution in [0.1, 0.15) is 40.1 Å². The van der Waals surface area contributed by atoms with Crippen molar-refractivity contribution >= 4 is 18.0 Å². The number of carbonyl (C=O) groups is 3. The standard InChI is InChI=1S/C33H31FN2O6/c1-23(42-29-15-9-4-10-16-29)26-17-27(19-28(34)18-26)31(37)35-20-30(32(38)40-21-24-11-5-2-6-12-24)36-33(39)41-22-25-13-7-3-8-14-25/h2-19,23,30H,20-22H2,1H3,(H,35,37)(H,36,39)/t23?,30-/m1/s1. The Hall–Kier alpha value is -5.18. The van der Waals surface area contributed by atoms with E-state index in [-0.39, 0.29) is 25.3 Å². The Balaban J connectivity index is 1.41. The molecule has 0 fully saturated rings. The van der Waals surface area contributed by atoms with Gasteiger partial charge in [-0.25, -0.2) is 14.0 Å². The van der Waals surface area contributed by atoms with E-state index < -0.39 is 35.9 Å². The first-order valence-electron chi connectivity index (χ1n) is 13.4. The van der Waals surface area contributed by atoms with Gasteiger partial charge >= 0.3 is 12.1 Å². The highest BCUT2D eigenvalue weighted by Gasteiger charge is 2.25. The van der Waals surface area contributed by atoms with Crippen molar-refractivity contribution in [2.24, 2.45) is 0 Å². The van der Waals surface area contributed by atoms with Crippen molar-refractivity contribution in [2.45, 2.75) is 32.3 Å². The smallest absolute Gasteiger partial charge is 0.408 e. The van der Waals surface area contributed by atoms with Gasteiger partial charge in [0.15, 0.2) is 0 Å². The second-order valence-corrected chi connectivity index (χ2v) is 9.41. The Morgan fingerprint density at radius 1 is 0.762 bits per heavy atom. The molecule has 0 aliphatic carbocycles. The predicted molar refractivity (Wildman–Crippen MR) is 154 cm³/mol. The fourth-order valence-corrected chi connectivity index (χ4v) is 3.98. The van der Waals surface area contributed by atoms with Crippen LogP contribution in [-0.4, -0.2) is 30.6 Å². The van der Waals surface area contributed by atoms with E-state index in [0.29, 0.717) is 11.3 Å². The van der Waals surface area contributed by atoms with Crippen LogP contribution in [0.4, 0.5) is 9.18 Å². The normalized spacial score (nSPS) is 12.0. The summed E-state index contributed by atoms with van der Waals surface area (Å²) >= 11 is 0. The first-order valence-corrected chi connectivity index (χ1v) is 13.4. The predicted octanol–water partition coefficient (Wildman–Crippen LogP) is 5.73. The van der Waals surface area contributed by atoms with Crippen molar-refractivity contribution < 1.29 is 33.0 Å². The van der Waals surface area contributed by atoms with Gasteiger partial charge in [0, 0.05) is 12.1 Å². The molecule has 0 aliphatic rings. The molecule has 0 aliphatic heterocycles. The maximum absolute atomic E-state index is 14.5. The van der Waals surface area contributed by atoms with Gasteiger partial charge in [0.25, 0.3) is 5.91 Å². The summed E-state index contributed by atoms with van der Waals surface area (Å²) in [5.74, 6) is -1.45. The quantitative estimate of drug-likeness (QED) is 0.211. The number of benzene rings is 4. The maximum Gasteiger partial charge on any atom is 0.408 e. The van der Waals surface area contributed by atoms with Gasteiger partial charge in [-0.3, -0.25) is 4.79 Å². The van der Waals surface area contributed by atoms with Crippen LogP contribution in [0.5, 0.6) is 5.75 Å². The second-order valence-electron chi connectivity index (χ2n) is 9.41. The van der Waals surface area contributed by atoms with E-state index >= 15 is 0 Å². The SMILES string of the molecule is CC(Oc1ccccc1)c1cc(F)cc(C(=O)NC[C@@H](NC(=O)OCc2ccccc2)C(=O)OCc2ccccc2)c1. The maximum atomic E-state index is 14.5. The molecule has 2 atom stereocenters. The summed E-state index contributed by atoms with van der Waals surface area (Å²) in [4.78, 5) is 38.5. The van der Waals surface area contributed by atoms with E-state index in [2.05, 4.69) is 10.6 Å². The number of carbonyl (C=O) groups excluding carboxylic acids is 3. The lowest BCUT2D eigenvalue weighted by Gasteiger charge is -2.19. The number of hydrogen-bond acceptors (Lipinski definition) is 6. The molecule has 0 radical (unpaired) electrons. The van der Waals surface area contributed by atoms with Gasteiger partial charge in [-0.05, 0) is 53.9 Å². The highest BCUT2D eigenvalue weighted by atomic mass is 19.1. The van der Waals surface area contributed by atoms with Gasteiger partial charge in [0.1, 0.15) is 36.9 Å². The summed E-state index contributed by atoms with van der Waals surface area (Å²) in [5.41, 5.74) is 1.98. The molecule has 42 heavy (non-hydrogen) atoms. The number of esters is 1. The molecule has 0 aromatic heterocycles. The number of hydrogen-bond donors (Lipinski definition) is 2. The molecule has 0 saturated carbocycles. The third-order valence-corrected chi connectivity index (χ3v) is 6.19. The van der Waals surface area contributed by atoms with Crippen molar-refractivity contribution in [1.82, 2.24) is 10.6 Å². The van der Waals surface area contributed by atoms with Crippen LogP contribution in [-0.2, 0) is 27.5 Å². The summed E-state index contributed by atoms with van der Waals surface area (Å²) in [6.45, 7) is 1.37. The van der Waals surface area contributed by atoms with Gasteiger partial charge in [0.2, 0.25) is 0 Å². The average Bonchev–Trinajstić information content (AvgIpc) is 3.02. The third kappa shape index (κ3) is 9.19. The highest BCUT2D eigenvalue weighted by Crippen LogP contribution is 2.23. The largest absolute Gasteiger partial charge is 0.486 e. The number of alkyl carbamates (subject to hydrolysis) is 1. The topological polar surface area (TPSA) is 103 Å². The first kappa shape index (κ1) is 29.8. The lowest BCUT2D eigenvalue weighted by atomic mass is 10.1. The Morgan fingerprint density at radius 3 is 1.95 bits per heavy atom. The highest BCUT2D eigenvalue weighted by molar-refractivity contribution is 5.95. The zero-order valence-electron chi connectivity index (χ0n) is 23.0. The van der Waals surface area contributed by atoms with Gasteiger partial charge in [-0.2, -0.15) is 0 Å². The Morgan fingerprint density at radius 2 is 1.33 bits per heavy atom. The van der Waals surface area contributed by atoms with E-state index in [4.69, 9.17) is 14.2 Å². The molecule has 4 aromatic carbocycles. The molecule has 4 aromatic rings. The van der Waals surface area contributed by atoms with Crippen molar-refractivity contribution in [2.75, 3.05) is 6.54 Å². The fourth-order valence-electron chi connectivity index (χ4n) is 3.98. The Bertz CT molecular complexity index is 1470. The monoisotopic (exact) mass is 570 g/mol. The molecule has 0 bridgehead atoms. The summed E-state index contributed by atoms with van der Waals surface area (Å²) in [7, 11) is 0.